The Bertz CT molecular complexity index is 632. The molecule has 6 heteroatoms. The third-order valence-corrected chi connectivity index (χ3v) is 4.53. The molecule has 0 bridgehead atoms. The number of pyridine rings is 1. The van der Waals surface area contributed by atoms with E-state index in [0.717, 1.165) is 49.1 Å². The van der Waals surface area contributed by atoms with Gasteiger partial charge in [-0.2, -0.15) is 0 Å². The van der Waals surface area contributed by atoms with Crippen molar-refractivity contribution in [1.82, 2.24) is 15.6 Å². The van der Waals surface area contributed by atoms with Crippen LogP contribution in [0.1, 0.15) is 18.9 Å². The molecule has 0 aliphatic rings. The van der Waals surface area contributed by atoms with E-state index in [0.29, 0.717) is 0 Å². The Morgan fingerprint density at radius 1 is 1.20 bits per heavy atom. The van der Waals surface area contributed by atoms with Crippen molar-refractivity contribution >= 4 is 17.7 Å². The molecule has 0 atom stereocenters. The van der Waals surface area contributed by atoms with E-state index in [1.54, 1.807) is 18.0 Å². The molecule has 1 aromatic carbocycles. The van der Waals surface area contributed by atoms with Crippen LogP contribution in [0.5, 0.6) is 0 Å². The number of benzene rings is 1. The lowest BCUT2D eigenvalue weighted by Crippen LogP contribution is -2.38. The van der Waals surface area contributed by atoms with Crippen LogP contribution in [-0.4, -0.2) is 36.3 Å². The number of nitrogens with zero attached hydrogens (tertiary/aromatic N) is 2. The second-order valence-corrected chi connectivity index (χ2v) is 6.62. The van der Waals surface area contributed by atoms with Crippen molar-refractivity contribution in [1.29, 1.82) is 0 Å². The number of aromatic nitrogens is 1. The van der Waals surface area contributed by atoms with Gasteiger partial charge in [0.25, 0.3) is 0 Å². The summed E-state index contributed by atoms with van der Waals surface area (Å²) >= 11 is 1.73. The van der Waals surface area contributed by atoms with E-state index in [1.165, 1.54) is 17.7 Å². The maximum atomic E-state index is 12.9. The number of hydrogen-bond donors (Lipinski definition) is 2. The first-order valence-corrected chi connectivity index (χ1v) is 9.56. The van der Waals surface area contributed by atoms with Crippen molar-refractivity contribution in [3.63, 3.8) is 0 Å². The molecule has 1 aromatic heterocycles. The molecule has 0 aliphatic carbocycles. The van der Waals surface area contributed by atoms with Gasteiger partial charge in [-0.3, -0.25) is 9.98 Å². The number of rotatable bonds is 9. The Morgan fingerprint density at radius 3 is 2.76 bits per heavy atom. The van der Waals surface area contributed by atoms with Gasteiger partial charge in [-0.05, 0) is 61.4 Å². The molecule has 0 fully saturated rings. The first kappa shape index (κ1) is 19.2. The van der Waals surface area contributed by atoms with Crippen molar-refractivity contribution in [2.24, 2.45) is 4.99 Å². The lowest BCUT2D eigenvalue weighted by molar-refractivity contribution is 0.626. The molecule has 0 saturated heterocycles. The van der Waals surface area contributed by atoms with Crippen LogP contribution in [-0.2, 0) is 6.42 Å². The molecule has 1 heterocycles. The molecule has 2 aromatic rings. The van der Waals surface area contributed by atoms with Gasteiger partial charge in [-0.1, -0.05) is 6.07 Å². The summed E-state index contributed by atoms with van der Waals surface area (Å²) in [4.78, 5) is 9.81. The molecule has 4 nitrogen and oxygen atoms in total. The number of aliphatic imine (C=N–C) groups is 1. The molecular formula is C19H25FN4S. The molecule has 0 aliphatic heterocycles. The number of nitrogens with one attached hydrogen (secondary N) is 2. The molecule has 0 amide bonds. The van der Waals surface area contributed by atoms with Crippen LogP contribution in [0.2, 0.25) is 0 Å². The lowest BCUT2D eigenvalue weighted by Gasteiger charge is -2.11. The van der Waals surface area contributed by atoms with E-state index in [1.807, 2.05) is 24.4 Å². The summed E-state index contributed by atoms with van der Waals surface area (Å²) in [5.74, 6) is 1.62. The molecule has 0 unspecified atom stereocenters. The Labute approximate surface area is 153 Å². The fourth-order valence-corrected chi connectivity index (χ4v) is 3.03. The van der Waals surface area contributed by atoms with E-state index in [9.17, 15) is 4.39 Å². The maximum absolute atomic E-state index is 12.9. The van der Waals surface area contributed by atoms with Crippen LogP contribution in [0.25, 0.3) is 0 Å². The average Bonchev–Trinajstić information content (AvgIpc) is 2.64. The van der Waals surface area contributed by atoms with Gasteiger partial charge in [0.15, 0.2) is 5.96 Å². The zero-order chi connectivity index (χ0) is 17.7. The van der Waals surface area contributed by atoms with E-state index in [4.69, 9.17) is 0 Å². The summed E-state index contributed by atoms with van der Waals surface area (Å²) in [7, 11) is 0. The van der Waals surface area contributed by atoms with Crippen LogP contribution < -0.4 is 10.6 Å². The molecule has 0 saturated carbocycles. The third kappa shape index (κ3) is 8.03. The number of guanidine groups is 1. The predicted octanol–water partition coefficient (Wildman–Crippen LogP) is 3.50. The van der Waals surface area contributed by atoms with Crippen LogP contribution in [0, 0.1) is 5.82 Å². The van der Waals surface area contributed by atoms with E-state index in [2.05, 4.69) is 33.6 Å². The minimum Gasteiger partial charge on any atom is -0.357 e. The molecule has 25 heavy (non-hydrogen) atoms. The van der Waals surface area contributed by atoms with Crippen molar-refractivity contribution in [3.8, 4) is 0 Å². The van der Waals surface area contributed by atoms with Crippen LogP contribution in [0.15, 0.2) is 58.7 Å². The number of thioether (sulfide) groups is 1. The molecule has 0 spiro atoms. The Balaban J connectivity index is 1.66. The Kier molecular flexibility index (Phi) is 8.83. The standard InChI is InChI=1S/C19H25FN4S/c1-2-22-19(24-13-10-16-5-3-11-21-15-16)23-12-4-14-25-18-8-6-17(20)7-9-18/h3,5-9,11,15H,2,4,10,12-14H2,1H3,(H2,22,23,24). The van der Waals surface area contributed by atoms with Gasteiger partial charge < -0.3 is 10.6 Å². The second-order valence-electron chi connectivity index (χ2n) is 5.45. The molecule has 2 N–H and O–H groups in total. The highest BCUT2D eigenvalue weighted by Gasteiger charge is 1.99. The minimum atomic E-state index is -0.193. The van der Waals surface area contributed by atoms with Crippen molar-refractivity contribution in [3.05, 3.63) is 60.2 Å². The van der Waals surface area contributed by atoms with Gasteiger partial charge in [0.1, 0.15) is 5.82 Å². The van der Waals surface area contributed by atoms with Crippen LogP contribution in [0.3, 0.4) is 0 Å². The Hall–Kier alpha value is -2.08. The smallest absolute Gasteiger partial charge is 0.191 e. The quantitative estimate of drug-likeness (QED) is 0.311. The zero-order valence-electron chi connectivity index (χ0n) is 14.5. The fraction of sp³-hybridized carbons (Fsp3) is 0.368. The lowest BCUT2D eigenvalue weighted by atomic mass is 10.2. The summed E-state index contributed by atoms with van der Waals surface area (Å²) in [6.07, 6.45) is 5.56. The summed E-state index contributed by atoms with van der Waals surface area (Å²) < 4.78 is 12.9. The van der Waals surface area contributed by atoms with Crippen molar-refractivity contribution in [2.75, 3.05) is 25.4 Å². The van der Waals surface area contributed by atoms with Gasteiger partial charge in [-0.15, -0.1) is 11.8 Å². The first-order valence-electron chi connectivity index (χ1n) is 8.57. The highest BCUT2D eigenvalue weighted by molar-refractivity contribution is 7.99. The third-order valence-electron chi connectivity index (χ3n) is 3.43. The topological polar surface area (TPSA) is 49.3 Å². The maximum Gasteiger partial charge on any atom is 0.191 e. The molecular weight excluding hydrogens is 335 g/mol. The molecule has 0 radical (unpaired) electrons. The first-order chi connectivity index (χ1) is 12.3. The Morgan fingerprint density at radius 2 is 2.04 bits per heavy atom. The fourth-order valence-electron chi connectivity index (χ4n) is 2.19. The minimum absolute atomic E-state index is 0.193. The number of hydrogen-bond acceptors (Lipinski definition) is 3. The van der Waals surface area contributed by atoms with Crippen molar-refractivity contribution < 1.29 is 4.39 Å². The van der Waals surface area contributed by atoms with Gasteiger partial charge in [0, 0.05) is 36.9 Å². The van der Waals surface area contributed by atoms with E-state index >= 15 is 0 Å². The van der Waals surface area contributed by atoms with Crippen LogP contribution >= 0.6 is 11.8 Å². The van der Waals surface area contributed by atoms with Gasteiger partial charge in [0.2, 0.25) is 0 Å². The number of halogens is 1. The zero-order valence-corrected chi connectivity index (χ0v) is 15.4. The highest BCUT2D eigenvalue weighted by Crippen LogP contribution is 2.18. The average molecular weight is 361 g/mol. The van der Waals surface area contributed by atoms with Crippen molar-refractivity contribution in [2.45, 2.75) is 24.7 Å². The summed E-state index contributed by atoms with van der Waals surface area (Å²) in [5, 5.41) is 6.61. The van der Waals surface area contributed by atoms with Gasteiger partial charge in [0.05, 0.1) is 0 Å². The second kappa shape index (κ2) is 11.5. The highest BCUT2D eigenvalue weighted by atomic mass is 32.2. The van der Waals surface area contributed by atoms with Crippen LogP contribution in [0.4, 0.5) is 4.39 Å². The molecule has 2 rings (SSSR count). The summed E-state index contributed by atoms with van der Waals surface area (Å²) in [5.41, 5.74) is 1.21. The van der Waals surface area contributed by atoms with Gasteiger partial charge >= 0.3 is 0 Å². The van der Waals surface area contributed by atoms with E-state index < -0.39 is 0 Å². The largest absolute Gasteiger partial charge is 0.357 e. The summed E-state index contributed by atoms with van der Waals surface area (Å²) in [6.45, 7) is 4.48. The summed E-state index contributed by atoms with van der Waals surface area (Å²) in [6, 6.07) is 10.6. The molecule has 134 valence electrons. The SMILES string of the molecule is CCNC(=NCCCSc1ccc(F)cc1)NCCc1cccnc1. The van der Waals surface area contributed by atoms with E-state index in [-0.39, 0.29) is 5.82 Å². The predicted molar refractivity (Wildman–Crippen MR) is 104 cm³/mol. The normalized spacial score (nSPS) is 11.4. The van der Waals surface area contributed by atoms with Gasteiger partial charge in [-0.25, -0.2) is 4.39 Å². The monoisotopic (exact) mass is 360 g/mol.